The Labute approximate surface area is 94.0 Å². The molecule has 0 N–H and O–H groups in total. The second kappa shape index (κ2) is 5.41. The van der Waals surface area contributed by atoms with Gasteiger partial charge >= 0.3 is 0 Å². The fraction of sp³-hybridized carbons (Fsp3) is 0.182. The van der Waals surface area contributed by atoms with E-state index in [-0.39, 0.29) is 5.15 Å². The summed E-state index contributed by atoms with van der Waals surface area (Å²) in [5.74, 6) is 0.924. The van der Waals surface area contributed by atoms with Gasteiger partial charge < -0.3 is 9.47 Å². The van der Waals surface area contributed by atoms with Crippen LogP contribution in [0.5, 0.6) is 11.6 Å². The summed E-state index contributed by atoms with van der Waals surface area (Å²) in [5, 5.41) is 0.256. The summed E-state index contributed by atoms with van der Waals surface area (Å²) in [6, 6.07) is 1.71. The lowest BCUT2D eigenvalue weighted by Crippen LogP contribution is -1.99. The molecule has 0 saturated carbocycles. The summed E-state index contributed by atoms with van der Waals surface area (Å²) in [7, 11) is 1.52. The molecule has 0 aliphatic rings. The zero-order valence-corrected chi connectivity index (χ0v) is 9.25. The minimum atomic E-state index is 0.256. The first-order valence-corrected chi connectivity index (χ1v) is 4.71. The highest BCUT2D eigenvalue weighted by Crippen LogP contribution is 2.31. The van der Waals surface area contributed by atoms with Crippen LogP contribution in [0.3, 0.4) is 0 Å². The number of halogens is 1. The van der Waals surface area contributed by atoms with E-state index in [0.717, 1.165) is 5.56 Å². The van der Waals surface area contributed by atoms with Crippen LogP contribution >= 0.6 is 11.6 Å². The number of aromatic nitrogens is 1. The van der Waals surface area contributed by atoms with Gasteiger partial charge in [-0.3, -0.25) is 0 Å². The smallest absolute Gasteiger partial charge is 0.215 e. The first-order chi connectivity index (χ1) is 7.22. The number of pyridine rings is 1. The average molecular weight is 226 g/mol. The third-order valence-electron chi connectivity index (χ3n) is 1.71. The molecule has 0 saturated heterocycles. The molecule has 1 rings (SSSR count). The van der Waals surface area contributed by atoms with E-state index in [0.29, 0.717) is 18.2 Å². The first kappa shape index (κ1) is 11.6. The SMILES string of the molecule is C=CCOc1c(C=C)cc(OC)nc1Cl. The number of hydrogen-bond acceptors (Lipinski definition) is 3. The molecule has 1 aromatic heterocycles. The van der Waals surface area contributed by atoms with Gasteiger partial charge in [0.25, 0.3) is 0 Å². The Morgan fingerprint density at radius 2 is 2.27 bits per heavy atom. The van der Waals surface area contributed by atoms with Gasteiger partial charge in [0.05, 0.1) is 7.11 Å². The summed E-state index contributed by atoms with van der Waals surface area (Å²) in [6.45, 7) is 7.59. The highest BCUT2D eigenvalue weighted by Gasteiger charge is 2.10. The summed E-state index contributed by atoms with van der Waals surface area (Å²) in [6.07, 6.45) is 3.27. The molecule has 4 heteroatoms. The molecular weight excluding hydrogens is 214 g/mol. The number of hydrogen-bond donors (Lipinski definition) is 0. The van der Waals surface area contributed by atoms with E-state index in [1.165, 1.54) is 7.11 Å². The lowest BCUT2D eigenvalue weighted by Gasteiger charge is -2.10. The molecule has 0 aliphatic carbocycles. The predicted molar refractivity (Wildman–Crippen MR) is 61.6 cm³/mol. The second-order valence-electron chi connectivity index (χ2n) is 2.68. The van der Waals surface area contributed by atoms with E-state index in [1.807, 2.05) is 0 Å². The Balaban J connectivity index is 3.12. The molecule has 0 atom stereocenters. The Kier molecular flexibility index (Phi) is 4.18. The predicted octanol–water partition coefficient (Wildman–Crippen LogP) is 2.95. The minimum Gasteiger partial charge on any atom is -0.486 e. The van der Waals surface area contributed by atoms with E-state index in [2.05, 4.69) is 18.1 Å². The van der Waals surface area contributed by atoms with Crippen LogP contribution in [0.4, 0.5) is 0 Å². The fourth-order valence-corrected chi connectivity index (χ4v) is 1.29. The Bertz CT molecular complexity index is 377. The molecule has 0 radical (unpaired) electrons. The molecule has 1 aromatic rings. The topological polar surface area (TPSA) is 31.4 Å². The Morgan fingerprint density at radius 3 is 2.80 bits per heavy atom. The average Bonchev–Trinajstić information content (AvgIpc) is 2.26. The van der Waals surface area contributed by atoms with E-state index in [9.17, 15) is 0 Å². The van der Waals surface area contributed by atoms with Crippen molar-refractivity contribution in [2.24, 2.45) is 0 Å². The molecule has 0 bridgehead atoms. The van der Waals surface area contributed by atoms with Crippen molar-refractivity contribution in [3.63, 3.8) is 0 Å². The molecule has 0 aromatic carbocycles. The van der Waals surface area contributed by atoms with Crippen molar-refractivity contribution < 1.29 is 9.47 Å². The van der Waals surface area contributed by atoms with Crippen molar-refractivity contribution in [1.82, 2.24) is 4.98 Å². The highest BCUT2D eigenvalue weighted by molar-refractivity contribution is 6.31. The van der Waals surface area contributed by atoms with Gasteiger partial charge in [-0.2, -0.15) is 4.98 Å². The van der Waals surface area contributed by atoms with Gasteiger partial charge in [0.1, 0.15) is 6.61 Å². The quantitative estimate of drug-likeness (QED) is 0.570. The number of rotatable bonds is 5. The Hall–Kier alpha value is -1.48. The fourth-order valence-electron chi connectivity index (χ4n) is 1.04. The molecule has 0 aliphatic heterocycles. The van der Waals surface area contributed by atoms with E-state index >= 15 is 0 Å². The highest BCUT2D eigenvalue weighted by atomic mass is 35.5. The van der Waals surface area contributed by atoms with E-state index in [1.54, 1.807) is 18.2 Å². The lowest BCUT2D eigenvalue weighted by molar-refractivity contribution is 0.356. The molecule has 0 amide bonds. The molecule has 3 nitrogen and oxygen atoms in total. The second-order valence-corrected chi connectivity index (χ2v) is 3.04. The van der Waals surface area contributed by atoms with Gasteiger partial charge in [-0.1, -0.05) is 36.9 Å². The first-order valence-electron chi connectivity index (χ1n) is 4.33. The van der Waals surface area contributed by atoms with Gasteiger partial charge in [-0.25, -0.2) is 0 Å². The molecule has 80 valence electrons. The summed E-state index contributed by atoms with van der Waals surface area (Å²) < 4.78 is 10.3. The van der Waals surface area contributed by atoms with Crippen molar-refractivity contribution in [3.05, 3.63) is 36.0 Å². The molecule has 0 spiro atoms. The van der Waals surface area contributed by atoms with Crippen LogP contribution in [0.25, 0.3) is 6.08 Å². The van der Waals surface area contributed by atoms with Crippen molar-refractivity contribution in [1.29, 1.82) is 0 Å². The van der Waals surface area contributed by atoms with Gasteiger partial charge in [-0.15, -0.1) is 0 Å². The standard InChI is InChI=1S/C11H12ClNO2/c1-4-6-15-10-8(5-2)7-9(14-3)13-11(10)12/h4-5,7H,1-2,6H2,3H3. The van der Waals surface area contributed by atoms with Crippen LogP contribution in [0.2, 0.25) is 5.15 Å². The number of methoxy groups -OCH3 is 1. The molecule has 0 unspecified atom stereocenters. The van der Waals surface area contributed by atoms with Gasteiger partial charge in [0.15, 0.2) is 10.9 Å². The van der Waals surface area contributed by atoms with Crippen molar-refractivity contribution in [2.45, 2.75) is 0 Å². The zero-order valence-electron chi connectivity index (χ0n) is 8.50. The minimum absolute atomic E-state index is 0.256. The summed E-state index contributed by atoms with van der Waals surface area (Å²) >= 11 is 5.93. The van der Waals surface area contributed by atoms with Crippen LogP contribution < -0.4 is 9.47 Å². The third-order valence-corrected chi connectivity index (χ3v) is 1.97. The maximum absolute atomic E-state index is 5.93. The number of nitrogens with zero attached hydrogens (tertiary/aromatic N) is 1. The molecule has 1 heterocycles. The van der Waals surface area contributed by atoms with Gasteiger partial charge in [-0.05, 0) is 0 Å². The molecule has 0 fully saturated rings. The monoisotopic (exact) mass is 225 g/mol. The number of ether oxygens (including phenoxy) is 2. The zero-order chi connectivity index (χ0) is 11.3. The van der Waals surface area contributed by atoms with E-state index in [4.69, 9.17) is 21.1 Å². The lowest BCUT2D eigenvalue weighted by atomic mass is 10.2. The van der Waals surface area contributed by atoms with Crippen molar-refractivity contribution in [2.75, 3.05) is 13.7 Å². The van der Waals surface area contributed by atoms with Crippen LogP contribution in [-0.4, -0.2) is 18.7 Å². The summed E-state index contributed by atoms with van der Waals surface area (Å²) in [5.41, 5.74) is 0.744. The normalized spacial score (nSPS) is 9.47. The van der Waals surface area contributed by atoms with Crippen LogP contribution in [0.15, 0.2) is 25.3 Å². The Morgan fingerprint density at radius 1 is 1.53 bits per heavy atom. The van der Waals surface area contributed by atoms with Crippen molar-refractivity contribution >= 4 is 17.7 Å². The van der Waals surface area contributed by atoms with Crippen molar-refractivity contribution in [3.8, 4) is 11.6 Å². The summed E-state index contributed by atoms with van der Waals surface area (Å²) in [4.78, 5) is 3.99. The van der Waals surface area contributed by atoms with Crippen LogP contribution in [-0.2, 0) is 0 Å². The van der Waals surface area contributed by atoms with Crippen LogP contribution in [0, 0.1) is 0 Å². The molecular formula is C11H12ClNO2. The third kappa shape index (κ3) is 2.73. The largest absolute Gasteiger partial charge is 0.486 e. The maximum atomic E-state index is 5.93. The van der Waals surface area contributed by atoms with E-state index < -0.39 is 0 Å². The van der Waals surface area contributed by atoms with Gasteiger partial charge in [0, 0.05) is 11.6 Å². The van der Waals surface area contributed by atoms with Gasteiger partial charge in [0.2, 0.25) is 5.88 Å². The van der Waals surface area contributed by atoms with Crippen LogP contribution in [0.1, 0.15) is 5.56 Å². The maximum Gasteiger partial charge on any atom is 0.215 e. The molecule has 15 heavy (non-hydrogen) atoms.